The summed E-state index contributed by atoms with van der Waals surface area (Å²) in [5, 5.41) is 13.8. The summed E-state index contributed by atoms with van der Waals surface area (Å²) >= 11 is 6.05. The molecule has 25 heavy (non-hydrogen) atoms. The molecule has 0 bridgehead atoms. The van der Waals surface area contributed by atoms with E-state index < -0.39 is 5.97 Å². The van der Waals surface area contributed by atoms with Gasteiger partial charge in [-0.15, -0.1) is 0 Å². The average molecular weight is 353 g/mol. The fourth-order valence-electron chi connectivity index (χ4n) is 2.78. The molecule has 0 unspecified atom stereocenters. The highest BCUT2D eigenvalue weighted by Gasteiger charge is 2.14. The first-order valence-corrected chi connectivity index (χ1v) is 7.94. The molecule has 0 aliphatic carbocycles. The number of halogens is 1. The van der Waals surface area contributed by atoms with Crippen LogP contribution in [0.5, 0.6) is 0 Å². The number of anilines is 2. The summed E-state index contributed by atoms with van der Waals surface area (Å²) in [4.78, 5) is 20.3. The number of carbonyl (C=O) groups is 1. The van der Waals surface area contributed by atoms with Crippen LogP contribution < -0.4 is 5.32 Å². The highest BCUT2D eigenvalue weighted by atomic mass is 35.5. The van der Waals surface area contributed by atoms with Gasteiger partial charge < -0.3 is 10.4 Å². The molecule has 0 saturated heterocycles. The van der Waals surface area contributed by atoms with Gasteiger partial charge in [-0.3, -0.25) is 4.40 Å². The Morgan fingerprint density at radius 1 is 1.24 bits per heavy atom. The molecule has 0 aliphatic heterocycles. The molecule has 2 N–H and O–H groups in total. The van der Waals surface area contributed by atoms with E-state index in [1.165, 1.54) is 0 Å². The minimum atomic E-state index is -0.993. The van der Waals surface area contributed by atoms with E-state index >= 15 is 0 Å². The Kier molecular flexibility index (Phi) is 3.54. The molecule has 124 valence electrons. The topological polar surface area (TPSA) is 79.5 Å². The minimum absolute atomic E-state index is 0.182. The zero-order valence-corrected chi connectivity index (χ0v) is 13.9. The normalized spacial score (nSPS) is 11.1. The number of rotatable bonds is 3. The van der Waals surface area contributed by atoms with Crippen LogP contribution in [0, 0.1) is 6.92 Å². The quantitative estimate of drug-likeness (QED) is 0.575. The zero-order chi connectivity index (χ0) is 17.6. The molecule has 7 heteroatoms. The number of aryl methyl sites for hydroxylation is 1. The first-order chi connectivity index (χ1) is 12.0. The number of fused-ring (bicyclic) bond motifs is 3. The summed E-state index contributed by atoms with van der Waals surface area (Å²) in [6.07, 6.45) is 1.75. The van der Waals surface area contributed by atoms with Gasteiger partial charge in [0.05, 0.1) is 11.1 Å². The summed E-state index contributed by atoms with van der Waals surface area (Å²) in [6, 6.07) is 12.1. The largest absolute Gasteiger partial charge is 0.478 e. The van der Waals surface area contributed by atoms with Crippen LogP contribution >= 0.6 is 11.6 Å². The lowest BCUT2D eigenvalue weighted by Crippen LogP contribution is -2.04. The number of hydrogen-bond acceptors (Lipinski definition) is 4. The second kappa shape index (κ2) is 5.75. The fourth-order valence-corrected chi connectivity index (χ4v) is 2.97. The van der Waals surface area contributed by atoms with Crippen molar-refractivity contribution in [1.29, 1.82) is 0 Å². The molecule has 4 aromatic rings. The van der Waals surface area contributed by atoms with Crippen molar-refractivity contribution in [3.8, 4) is 0 Å². The third kappa shape index (κ3) is 2.66. The van der Waals surface area contributed by atoms with Gasteiger partial charge in [0.15, 0.2) is 0 Å². The molecule has 6 nitrogen and oxygen atoms in total. The van der Waals surface area contributed by atoms with Crippen molar-refractivity contribution in [3.63, 3.8) is 0 Å². The lowest BCUT2D eigenvalue weighted by molar-refractivity contribution is 0.0697. The van der Waals surface area contributed by atoms with Crippen LogP contribution in [-0.4, -0.2) is 25.4 Å². The maximum atomic E-state index is 11.2. The Bertz CT molecular complexity index is 1140. The van der Waals surface area contributed by atoms with Crippen molar-refractivity contribution in [3.05, 3.63) is 64.9 Å². The average Bonchev–Trinajstić information content (AvgIpc) is 2.97. The van der Waals surface area contributed by atoms with Gasteiger partial charge in [0.2, 0.25) is 5.95 Å². The second-order valence-corrected chi connectivity index (χ2v) is 6.10. The van der Waals surface area contributed by atoms with Gasteiger partial charge in [0, 0.05) is 28.0 Å². The standard InChI is InChI=1S/C18H13ClN4O2/c1-10-9-20-16-14-6-5-11(17(24)25)7-15(14)22-18(23(10)16)21-13-4-2-3-12(19)8-13/h2-9H,1H3,(H,21,22)(H,24,25). The van der Waals surface area contributed by atoms with Crippen LogP contribution in [0.4, 0.5) is 11.6 Å². The van der Waals surface area contributed by atoms with Crippen LogP contribution in [0.3, 0.4) is 0 Å². The van der Waals surface area contributed by atoms with Gasteiger partial charge in [-0.05, 0) is 43.3 Å². The maximum Gasteiger partial charge on any atom is 0.335 e. The molecule has 0 atom stereocenters. The lowest BCUT2D eigenvalue weighted by Gasteiger charge is -2.12. The molecule has 0 amide bonds. The number of carboxylic acid groups (broad SMARTS) is 1. The minimum Gasteiger partial charge on any atom is -0.478 e. The molecular formula is C18H13ClN4O2. The Hall–Kier alpha value is -3.12. The first-order valence-electron chi connectivity index (χ1n) is 7.56. The third-order valence-electron chi connectivity index (χ3n) is 3.94. The van der Waals surface area contributed by atoms with Gasteiger partial charge in [-0.1, -0.05) is 17.7 Å². The molecule has 2 heterocycles. The lowest BCUT2D eigenvalue weighted by atomic mass is 10.1. The number of nitrogens with zero attached hydrogens (tertiary/aromatic N) is 3. The van der Waals surface area contributed by atoms with E-state index in [0.717, 1.165) is 16.8 Å². The van der Waals surface area contributed by atoms with E-state index in [2.05, 4.69) is 15.3 Å². The molecule has 0 aliphatic rings. The van der Waals surface area contributed by atoms with Crippen molar-refractivity contribution in [1.82, 2.24) is 14.4 Å². The van der Waals surface area contributed by atoms with Crippen molar-refractivity contribution in [2.45, 2.75) is 6.92 Å². The predicted molar refractivity (Wildman–Crippen MR) is 96.9 cm³/mol. The van der Waals surface area contributed by atoms with Gasteiger partial charge in [0.25, 0.3) is 0 Å². The summed E-state index contributed by atoms with van der Waals surface area (Å²) in [5.41, 5.74) is 3.15. The van der Waals surface area contributed by atoms with Crippen LogP contribution in [0.2, 0.25) is 5.02 Å². The summed E-state index contributed by atoms with van der Waals surface area (Å²) in [6.45, 7) is 1.93. The Balaban J connectivity index is 1.96. The smallest absolute Gasteiger partial charge is 0.335 e. The highest BCUT2D eigenvalue weighted by Crippen LogP contribution is 2.26. The predicted octanol–water partition coefficient (Wildman–Crippen LogP) is 4.29. The fraction of sp³-hybridized carbons (Fsp3) is 0.0556. The van der Waals surface area contributed by atoms with Gasteiger partial charge in [0.1, 0.15) is 5.65 Å². The van der Waals surface area contributed by atoms with E-state index in [9.17, 15) is 9.90 Å². The molecule has 0 spiro atoms. The maximum absolute atomic E-state index is 11.2. The van der Waals surface area contributed by atoms with E-state index in [0.29, 0.717) is 22.1 Å². The molecule has 0 radical (unpaired) electrons. The van der Waals surface area contributed by atoms with Crippen molar-refractivity contribution in [2.24, 2.45) is 0 Å². The molecular weight excluding hydrogens is 340 g/mol. The Morgan fingerprint density at radius 2 is 2.08 bits per heavy atom. The number of hydrogen-bond donors (Lipinski definition) is 2. The highest BCUT2D eigenvalue weighted by molar-refractivity contribution is 6.30. The Morgan fingerprint density at radius 3 is 2.84 bits per heavy atom. The van der Waals surface area contributed by atoms with Gasteiger partial charge in [-0.2, -0.15) is 0 Å². The van der Waals surface area contributed by atoms with Crippen LogP contribution in [0.15, 0.2) is 48.7 Å². The van der Waals surface area contributed by atoms with E-state index in [1.54, 1.807) is 36.5 Å². The summed E-state index contributed by atoms with van der Waals surface area (Å²) in [5.74, 6) is -0.449. The van der Waals surface area contributed by atoms with Gasteiger partial charge >= 0.3 is 5.97 Å². The summed E-state index contributed by atoms with van der Waals surface area (Å²) in [7, 11) is 0. The number of aromatic nitrogens is 3. The monoisotopic (exact) mass is 352 g/mol. The van der Waals surface area contributed by atoms with E-state index in [4.69, 9.17) is 11.6 Å². The summed E-state index contributed by atoms with van der Waals surface area (Å²) < 4.78 is 1.89. The zero-order valence-electron chi connectivity index (χ0n) is 13.2. The number of benzene rings is 2. The number of imidazole rings is 1. The molecule has 4 rings (SSSR count). The van der Waals surface area contributed by atoms with Crippen LogP contribution in [0.1, 0.15) is 16.1 Å². The van der Waals surface area contributed by atoms with Crippen LogP contribution in [-0.2, 0) is 0 Å². The molecule has 0 fully saturated rings. The Labute approximate surface area is 147 Å². The van der Waals surface area contributed by atoms with Crippen LogP contribution in [0.25, 0.3) is 16.6 Å². The number of aromatic carboxylic acids is 1. The third-order valence-corrected chi connectivity index (χ3v) is 4.18. The second-order valence-electron chi connectivity index (χ2n) is 5.67. The van der Waals surface area contributed by atoms with E-state index in [-0.39, 0.29) is 5.56 Å². The van der Waals surface area contributed by atoms with Crippen molar-refractivity contribution in [2.75, 3.05) is 5.32 Å². The first kappa shape index (κ1) is 15.4. The number of carboxylic acids is 1. The van der Waals surface area contributed by atoms with Crippen molar-refractivity contribution >= 4 is 45.8 Å². The number of nitrogens with one attached hydrogen (secondary N) is 1. The molecule has 2 aromatic heterocycles. The molecule has 2 aromatic carbocycles. The molecule has 0 saturated carbocycles. The SMILES string of the molecule is Cc1cnc2c3ccc(C(=O)O)cc3nc(Nc3cccc(Cl)c3)n12. The van der Waals surface area contributed by atoms with Crippen molar-refractivity contribution < 1.29 is 9.90 Å². The van der Waals surface area contributed by atoms with Gasteiger partial charge in [-0.25, -0.2) is 14.8 Å². The van der Waals surface area contributed by atoms with E-state index in [1.807, 2.05) is 23.5 Å².